The predicted octanol–water partition coefficient (Wildman–Crippen LogP) is 1.61. The fourth-order valence-electron chi connectivity index (χ4n) is 2.14. The molecule has 0 unspecified atom stereocenters. The van der Waals surface area contributed by atoms with E-state index in [1.807, 2.05) is 24.5 Å². The van der Waals surface area contributed by atoms with Crippen LogP contribution in [0.5, 0.6) is 0 Å². The van der Waals surface area contributed by atoms with Crippen LogP contribution in [0.1, 0.15) is 6.42 Å². The third-order valence-corrected chi connectivity index (χ3v) is 3.26. The molecule has 5 nitrogen and oxygen atoms in total. The molecule has 1 aromatic rings. The predicted molar refractivity (Wildman–Crippen MR) is 84.0 cm³/mol. The Balaban J connectivity index is 0.00000180. The van der Waals surface area contributed by atoms with Crippen LogP contribution in [-0.2, 0) is 9.53 Å². The number of nitrogens with zero attached hydrogens (tertiary/aromatic N) is 3. The molecule has 1 fully saturated rings. The molecule has 7 heteroatoms. The third-order valence-electron chi connectivity index (χ3n) is 3.26. The standard InChI is InChI=1S/C13H19N3O2.2ClH/c1-18-13(17)4-7-15-8-10-16(11-9-15)12-2-5-14-6-3-12;;/h2-3,5-6H,4,7-11H2,1H3;2*1H. The fraction of sp³-hybridized carbons (Fsp3) is 0.538. The SMILES string of the molecule is COC(=O)CCN1CCN(c2ccncc2)CC1.Cl.Cl. The Morgan fingerprint density at radius 1 is 1.20 bits per heavy atom. The molecule has 1 aliphatic rings. The number of anilines is 1. The van der Waals surface area contributed by atoms with Gasteiger partial charge in [-0.2, -0.15) is 0 Å². The highest BCUT2D eigenvalue weighted by atomic mass is 35.5. The minimum Gasteiger partial charge on any atom is -0.469 e. The van der Waals surface area contributed by atoms with E-state index in [4.69, 9.17) is 0 Å². The zero-order valence-electron chi connectivity index (χ0n) is 11.5. The molecular formula is C13H21Cl2N3O2. The molecule has 0 radical (unpaired) electrons. The monoisotopic (exact) mass is 321 g/mol. The fourth-order valence-corrected chi connectivity index (χ4v) is 2.14. The van der Waals surface area contributed by atoms with Crippen LogP contribution in [0.15, 0.2) is 24.5 Å². The summed E-state index contributed by atoms with van der Waals surface area (Å²) in [6.07, 6.45) is 4.11. The van der Waals surface area contributed by atoms with Gasteiger partial charge in [0, 0.05) is 50.8 Å². The summed E-state index contributed by atoms with van der Waals surface area (Å²) in [7, 11) is 1.43. The molecule has 0 spiro atoms. The van der Waals surface area contributed by atoms with E-state index >= 15 is 0 Å². The number of esters is 1. The molecule has 1 aromatic heterocycles. The van der Waals surface area contributed by atoms with Crippen LogP contribution in [-0.4, -0.2) is 55.7 Å². The van der Waals surface area contributed by atoms with Gasteiger partial charge >= 0.3 is 5.97 Å². The third kappa shape index (κ3) is 5.53. The van der Waals surface area contributed by atoms with Crippen LogP contribution in [0.25, 0.3) is 0 Å². The highest BCUT2D eigenvalue weighted by molar-refractivity contribution is 5.85. The number of pyridine rings is 1. The molecule has 0 amide bonds. The van der Waals surface area contributed by atoms with Crippen molar-refractivity contribution in [2.75, 3.05) is 44.7 Å². The molecule has 0 atom stereocenters. The van der Waals surface area contributed by atoms with Crippen LogP contribution in [0, 0.1) is 0 Å². The largest absolute Gasteiger partial charge is 0.469 e. The van der Waals surface area contributed by atoms with Crippen molar-refractivity contribution in [1.82, 2.24) is 9.88 Å². The van der Waals surface area contributed by atoms with E-state index in [0.717, 1.165) is 32.7 Å². The molecule has 1 saturated heterocycles. The molecule has 2 rings (SSSR count). The number of piperazine rings is 1. The van der Waals surface area contributed by atoms with Crippen LogP contribution < -0.4 is 4.90 Å². The minimum absolute atomic E-state index is 0. The number of carbonyl (C=O) groups is 1. The smallest absolute Gasteiger partial charge is 0.306 e. The number of rotatable bonds is 4. The summed E-state index contributed by atoms with van der Waals surface area (Å²) in [5.41, 5.74) is 1.22. The van der Waals surface area contributed by atoms with Crippen LogP contribution in [0.2, 0.25) is 0 Å². The Morgan fingerprint density at radius 2 is 1.80 bits per heavy atom. The van der Waals surface area contributed by atoms with E-state index in [1.165, 1.54) is 12.8 Å². The minimum atomic E-state index is -0.133. The number of hydrogen-bond donors (Lipinski definition) is 0. The van der Waals surface area contributed by atoms with E-state index in [-0.39, 0.29) is 30.8 Å². The lowest BCUT2D eigenvalue weighted by Crippen LogP contribution is -2.46. The van der Waals surface area contributed by atoms with Crippen molar-refractivity contribution in [3.05, 3.63) is 24.5 Å². The highest BCUT2D eigenvalue weighted by Crippen LogP contribution is 2.14. The highest BCUT2D eigenvalue weighted by Gasteiger charge is 2.17. The molecule has 1 aliphatic heterocycles. The van der Waals surface area contributed by atoms with Gasteiger partial charge in [0.1, 0.15) is 0 Å². The van der Waals surface area contributed by atoms with E-state index in [1.54, 1.807) is 0 Å². The molecule has 20 heavy (non-hydrogen) atoms. The average Bonchev–Trinajstić information content (AvgIpc) is 2.46. The normalized spacial score (nSPS) is 14.9. The van der Waals surface area contributed by atoms with Gasteiger partial charge in [0.05, 0.1) is 13.5 Å². The summed E-state index contributed by atoms with van der Waals surface area (Å²) in [6, 6.07) is 4.06. The van der Waals surface area contributed by atoms with Crippen LogP contribution in [0.3, 0.4) is 0 Å². The van der Waals surface area contributed by atoms with Crippen molar-refractivity contribution in [1.29, 1.82) is 0 Å². The molecular weight excluding hydrogens is 301 g/mol. The summed E-state index contributed by atoms with van der Waals surface area (Å²) in [6.45, 7) is 4.74. The van der Waals surface area contributed by atoms with Gasteiger partial charge in [-0.3, -0.25) is 14.7 Å². The Kier molecular flexibility index (Phi) is 9.29. The molecule has 0 aliphatic carbocycles. The van der Waals surface area contributed by atoms with E-state index in [2.05, 4.69) is 19.5 Å². The van der Waals surface area contributed by atoms with Gasteiger partial charge in [-0.25, -0.2) is 0 Å². The summed E-state index contributed by atoms with van der Waals surface area (Å²) < 4.78 is 4.65. The Morgan fingerprint density at radius 3 is 2.35 bits per heavy atom. The second kappa shape index (κ2) is 9.80. The van der Waals surface area contributed by atoms with Crippen LogP contribution >= 0.6 is 24.8 Å². The zero-order valence-corrected chi connectivity index (χ0v) is 13.2. The van der Waals surface area contributed by atoms with Crippen molar-refractivity contribution in [3.8, 4) is 0 Å². The van der Waals surface area contributed by atoms with Gasteiger partial charge in [0.2, 0.25) is 0 Å². The Labute approximate surface area is 132 Å². The molecule has 2 heterocycles. The molecule has 0 N–H and O–H groups in total. The zero-order chi connectivity index (χ0) is 12.8. The van der Waals surface area contributed by atoms with Crippen molar-refractivity contribution < 1.29 is 9.53 Å². The number of ether oxygens (including phenoxy) is 1. The number of methoxy groups -OCH3 is 1. The number of hydrogen-bond acceptors (Lipinski definition) is 5. The van der Waals surface area contributed by atoms with E-state index in [0.29, 0.717) is 6.42 Å². The van der Waals surface area contributed by atoms with Crippen molar-refractivity contribution in [2.24, 2.45) is 0 Å². The molecule has 0 bridgehead atoms. The first-order chi connectivity index (χ1) is 8.79. The Hall–Kier alpha value is -1.04. The lowest BCUT2D eigenvalue weighted by molar-refractivity contribution is -0.141. The molecule has 0 aromatic carbocycles. The summed E-state index contributed by atoms with van der Waals surface area (Å²) in [5.74, 6) is -0.133. The first-order valence-corrected chi connectivity index (χ1v) is 6.24. The first kappa shape index (κ1) is 19.0. The van der Waals surface area contributed by atoms with Crippen molar-refractivity contribution in [2.45, 2.75) is 6.42 Å². The van der Waals surface area contributed by atoms with Gasteiger partial charge in [0.15, 0.2) is 0 Å². The van der Waals surface area contributed by atoms with E-state index < -0.39 is 0 Å². The average molecular weight is 322 g/mol. The topological polar surface area (TPSA) is 45.7 Å². The summed E-state index contributed by atoms with van der Waals surface area (Å²) >= 11 is 0. The van der Waals surface area contributed by atoms with Crippen LogP contribution in [0.4, 0.5) is 5.69 Å². The van der Waals surface area contributed by atoms with E-state index in [9.17, 15) is 4.79 Å². The van der Waals surface area contributed by atoms with Gasteiger partial charge < -0.3 is 9.64 Å². The second-order valence-electron chi connectivity index (χ2n) is 4.36. The Bertz CT molecular complexity index is 384. The van der Waals surface area contributed by atoms with Crippen molar-refractivity contribution in [3.63, 3.8) is 0 Å². The molecule has 0 saturated carbocycles. The lowest BCUT2D eigenvalue weighted by Gasteiger charge is -2.35. The maximum atomic E-state index is 11.1. The summed E-state index contributed by atoms with van der Waals surface area (Å²) in [5, 5.41) is 0. The maximum absolute atomic E-state index is 11.1. The first-order valence-electron chi connectivity index (χ1n) is 6.24. The number of carbonyl (C=O) groups excluding carboxylic acids is 1. The van der Waals surface area contributed by atoms with Gasteiger partial charge in [0.25, 0.3) is 0 Å². The van der Waals surface area contributed by atoms with Gasteiger partial charge in [-0.1, -0.05) is 0 Å². The summed E-state index contributed by atoms with van der Waals surface area (Å²) in [4.78, 5) is 19.7. The number of aromatic nitrogens is 1. The number of halogens is 2. The lowest BCUT2D eigenvalue weighted by atomic mass is 10.2. The van der Waals surface area contributed by atoms with Gasteiger partial charge in [-0.15, -0.1) is 24.8 Å². The molecule has 114 valence electrons. The van der Waals surface area contributed by atoms with Crippen molar-refractivity contribution >= 4 is 36.5 Å². The second-order valence-corrected chi connectivity index (χ2v) is 4.36. The maximum Gasteiger partial charge on any atom is 0.306 e. The van der Waals surface area contributed by atoms with Gasteiger partial charge in [-0.05, 0) is 12.1 Å². The quantitative estimate of drug-likeness (QED) is 0.788.